The van der Waals surface area contributed by atoms with Crippen molar-refractivity contribution in [3.63, 3.8) is 0 Å². The second-order valence-electron chi connectivity index (χ2n) is 4.52. The van der Waals surface area contributed by atoms with Crippen molar-refractivity contribution in [2.24, 2.45) is 5.73 Å². The number of nitrogens with zero attached hydrogens (tertiary/aromatic N) is 2. The first kappa shape index (κ1) is 13.1. The van der Waals surface area contributed by atoms with E-state index in [4.69, 9.17) is 17.3 Å². The van der Waals surface area contributed by atoms with Crippen LogP contribution in [-0.2, 0) is 6.42 Å². The van der Waals surface area contributed by atoms with Gasteiger partial charge in [0.15, 0.2) is 0 Å². The summed E-state index contributed by atoms with van der Waals surface area (Å²) >= 11 is 6.05. The zero-order valence-corrected chi connectivity index (χ0v) is 11.8. The lowest BCUT2D eigenvalue weighted by molar-refractivity contribution is 0.813. The number of hydrogen-bond donors (Lipinski definition) is 1. The molecule has 0 aliphatic rings. The number of rotatable bonds is 3. The highest BCUT2D eigenvalue weighted by molar-refractivity contribution is 6.30. The Balaban J connectivity index is 2.59. The third-order valence-corrected chi connectivity index (χ3v) is 3.57. The molecule has 0 amide bonds. The summed E-state index contributed by atoms with van der Waals surface area (Å²) in [6.07, 6.45) is 0.799. The molecule has 2 aromatic rings. The molecule has 3 nitrogen and oxygen atoms in total. The van der Waals surface area contributed by atoms with Gasteiger partial charge in [0.1, 0.15) is 0 Å². The summed E-state index contributed by atoms with van der Waals surface area (Å²) in [5, 5.41) is 5.32. The minimum atomic E-state index is 0.603. The van der Waals surface area contributed by atoms with E-state index in [1.165, 1.54) is 5.56 Å². The fourth-order valence-corrected chi connectivity index (χ4v) is 2.27. The number of nitrogens with two attached hydrogens (primary N) is 1. The average molecular weight is 264 g/mol. The molecule has 0 saturated heterocycles. The molecule has 0 aliphatic heterocycles. The molecule has 0 atom stereocenters. The number of aryl methyl sites for hydroxylation is 1. The molecule has 2 N–H and O–H groups in total. The van der Waals surface area contributed by atoms with E-state index >= 15 is 0 Å². The van der Waals surface area contributed by atoms with Crippen molar-refractivity contribution < 1.29 is 0 Å². The Hall–Kier alpha value is -1.32. The molecule has 4 heteroatoms. The molecule has 2 rings (SSSR count). The van der Waals surface area contributed by atoms with Crippen LogP contribution in [0.25, 0.3) is 5.69 Å². The summed E-state index contributed by atoms with van der Waals surface area (Å²) in [5.74, 6) is 0. The van der Waals surface area contributed by atoms with Crippen LogP contribution < -0.4 is 5.73 Å². The Morgan fingerprint density at radius 2 is 2.00 bits per heavy atom. The van der Waals surface area contributed by atoms with E-state index in [0.717, 1.165) is 34.1 Å². The summed E-state index contributed by atoms with van der Waals surface area (Å²) in [6.45, 7) is 6.80. The average Bonchev–Trinajstić information content (AvgIpc) is 2.58. The fourth-order valence-electron chi connectivity index (χ4n) is 2.07. The first-order valence-electron chi connectivity index (χ1n) is 6.06. The first-order valence-corrected chi connectivity index (χ1v) is 6.44. The van der Waals surface area contributed by atoms with E-state index in [0.29, 0.717) is 6.54 Å². The van der Waals surface area contributed by atoms with E-state index in [9.17, 15) is 0 Å². The van der Waals surface area contributed by atoms with Gasteiger partial charge in [-0.15, -0.1) is 0 Å². The predicted molar refractivity (Wildman–Crippen MR) is 75.5 cm³/mol. The van der Waals surface area contributed by atoms with Crippen LogP contribution >= 0.6 is 11.6 Å². The Morgan fingerprint density at radius 3 is 2.56 bits per heavy atom. The van der Waals surface area contributed by atoms with Crippen molar-refractivity contribution in [3.8, 4) is 5.69 Å². The molecule has 1 aromatic carbocycles. The summed E-state index contributed by atoms with van der Waals surface area (Å²) < 4.78 is 1.98. The number of benzene rings is 1. The highest BCUT2D eigenvalue weighted by Gasteiger charge is 2.12. The lowest BCUT2D eigenvalue weighted by Crippen LogP contribution is -2.08. The predicted octanol–water partition coefficient (Wildman–Crippen LogP) is 2.95. The second-order valence-corrected chi connectivity index (χ2v) is 4.96. The largest absolute Gasteiger partial charge is 0.330 e. The summed E-state index contributed by atoms with van der Waals surface area (Å²) in [5.41, 5.74) is 11.3. The molecular weight excluding hydrogens is 246 g/mol. The lowest BCUT2D eigenvalue weighted by atomic mass is 10.1. The van der Waals surface area contributed by atoms with Crippen molar-refractivity contribution in [2.45, 2.75) is 27.2 Å². The number of hydrogen-bond acceptors (Lipinski definition) is 2. The van der Waals surface area contributed by atoms with Gasteiger partial charge < -0.3 is 5.73 Å². The second kappa shape index (κ2) is 5.12. The SMILES string of the molecule is Cc1nn(-c2ccc(Cl)cc2CCN)c(C)c1C. The van der Waals surface area contributed by atoms with Gasteiger partial charge in [0.05, 0.1) is 11.4 Å². The smallest absolute Gasteiger partial charge is 0.0682 e. The van der Waals surface area contributed by atoms with E-state index in [-0.39, 0.29) is 0 Å². The highest BCUT2D eigenvalue weighted by atomic mass is 35.5. The molecule has 0 unspecified atom stereocenters. The van der Waals surface area contributed by atoms with Crippen LogP contribution in [-0.4, -0.2) is 16.3 Å². The van der Waals surface area contributed by atoms with Crippen LogP contribution in [0.3, 0.4) is 0 Å². The topological polar surface area (TPSA) is 43.8 Å². The maximum atomic E-state index is 6.05. The van der Waals surface area contributed by atoms with Gasteiger partial charge in [-0.3, -0.25) is 0 Å². The maximum absolute atomic E-state index is 6.05. The van der Waals surface area contributed by atoms with Gasteiger partial charge in [-0.2, -0.15) is 5.10 Å². The molecule has 0 radical (unpaired) electrons. The molecule has 0 spiro atoms. The summed E-state index contributed by atoms with van der Waals surface area (Å²) in [4.78, 5) is 0. The van der Waals surface area contributed by atoms with Gasteiger partial charge in [0.25, 0.3) is 0 Å². The molecule has 0 bridgehead atoms. The number of aromatic nitrogens is 2. The third-order valence-electron chi connectivity index (χ3n) is 3.34. The van der Waals surface area contributed by atoms with Crippen LogP contribution in [0.1, 0.15) is 22.5 Å². The number of halogens is 1. The molecule has 0 saturated carbocycles. The molecular formula is C14H18ClN3. The highest BCUT2D eigenvalue weighted by Crippen LogP contribution is 2.23. The minimum Gasteiger partial charge on any atom is -0.330 e. The zero-order valence-electron chi connectivity index (χ0n) is 11.0. The van der Waals surface area contributed by atoms with Gasteiger partial charge >= 0.3 is 0 Å². The van der Waals surface area contributed by atoms with Crippen molar-refractivity contribution >= 4 is 11.6 Å². The van der Waals surface area contributed by atoms with Crippen LogP contribution in [0, 0.1) is 20.8 Å². The van der Waals surface area contributed by atoms with Gasteiger partial charge in [-0.05, 0) is 63.1 Å². The van der Waals surface area contributed by atoms with Gasteiger partial charge in [0, 0.05) is 10.7 Å². The monoisotopic (exact) mass is 263 g/mol. The van der Waals surface area contributed by atoms with Crippen molar-refractivity contribution in [3.05, 3.63) is 45.7 Å². The zero-order chi connectivity index (χ0) is 13.3. The fraction of sp³-hybridized carbons (Fsp3) is 0.357. The van der Waals surface area contributed by atoms with Gasteiger partial charge in [-0.1, -0.05) is 11.6 Å². The van der Waals surface area contributed by atoms with Crippen molar-refractivity contribution in [1.82, 2.24) is 9.78 Å². The molecule has 96 valence electrons. The molecule has 0 fully saturated rings. The normalized spacial score (nSPS) is 10.9. The standard InChI is InChI=1S/C14H18ClN3/c1-9-10(2)17-18(11(9)3)14-5-4-13(15)8-12(14)6-7-16/h4-5,8H,6-7,16H2,1-3H3. The Bertz CT molecular complexity index is 573. The quantitative estimate of drug-likeness (QED) is 0.925. The molecule has 0 aliphatic carbocycles. The first-order chi connectivity index (χ1) is 8.54. The van der Waals surface area contributed by atoms with E-state index in [1.807, 2.05) is 29.8 Å². The van der Waals surface area contributed by atoms with E-state index < -0.39 is 0 Å². The van der Waals surface area contributed by atoms with Crippen LogP contribution in [0.4, 0.5) is 0 Å². The minimum absolute atomic E-state index is 0.603. The third kappa shape index (κ3) is 2.28. The van der Waals surface area contributed by atoms with Crippen molar-refractivity contribution in [1.29, 1.82) is 0 Å². The molecule has 1 aromatic heterocycles. The summed E-state index contributed by atoms with van der Waals surface area (Å²) in [6, 6.07) is 5.87. The Labute approximate surface area is 113 Å². The molecule has 18 heavy (non-hydrogen) atoms. The van der Waals surface area contributed by atoms with Gasteiger partial charge in [0.2, 0.25) is 0 Å². The van der Waals surface area contributed by atoms with E-state index in [2.05, 4.69) is 18.9 Å². The summed E-state index contributed by atoms with van der Waals surface area (Å²) in [7, 11) is 0. The van der Waals surface area contributed by atoms with E-state index in [1.54, 1.807) is 0 Å². The van der Waals surface area contributed by atoms with Crippen LogP contribution in [0.5, 0.6) is 0 Å². The van der Waals surface area contributed by atoms with Crippen molar-refractivity contribution in [2.75, 3.05) is 6.54 Å². The Kier molecular flexibility index (Phi) is 3.73. The maximum Gasteiger partial charge on any atom is 0.0682 e. The van der Waals surface area contributed by atoms with Crippen LogP contribution in [0.2, 0.25) is 5.02 Å². The lowest BCUT2D eigenvalue weighted by Gasteiger charge is -2.11. The molecule has 1 heterocycles. The van der Waals surface area contributed by atoms with Crippen LogP contribution in [0.15, 0.2) is 18.2 Å². The van der Waals surface area contributed by atoms with Gasteiger partial charge in [-0.25, -0.2) is 4.68 Å². The Morgan fingerprint density at radius 1 is 1.28 bits per heavy atom.